The molecule has 0 saturated carbocycles. The van der Waals surface area contributed by atoms with E-state index in [0.29, 0.717) is 32.1 Å². The molecule has 0 aromatic carbocycles. The SMILES string of the molecule is O=S(=O)(c1cccnc1)N1CCN(c2ncc(Br)cn2)CC1. The lowest BCUT2D eigenvalue weighted by Gasteiger charge is -2.33. The molecule has 3 heterocycles. The third-order valence-electron chi connectivity index (χ3n) is 3.40. The van der Waals surface area contributed by atoms with E-state index in [1.807, 2.05) is 4.90 Å². The third kappa shape index (κ3) is 3.11. The molecular weight excluding hydrogens is 370 g/mol. The Morgan fingerprint density at radius 3 is 2.32 bits per heavy atom. The number of anilines is 1. The Labute approximate surface area is 137 Å². The van der Waals surface area contributed by atoms with E-state index < -0.39 is 10.0 Å². The number of nitrogens with zero attached hydrogens (tertiary/aromatic N) is 5. The van der Waals surface area contributed by atoms with Gasteiger partial charge in [-0.2, -0.15) is 4.31 Å². The van der Waals surface area contributed by atoms with Crippen LogP contribution in [0.2, 0.25) is 0 Å². The Morgan fingerprint density at radius 1 is 1.05 bits per heavy atom. The highest BCUT2D eigenvalue weighted by molar-refractivity contribution is 9.10. The highest BCUT2D eigenvalue weighted by Crippen LogP contribution is 2.18. The van der Waals surface area contributed by atoms with E-state index in [-0.39, 0.29) is 4.90 Å². The predicted molar refractivity (Wildman–Crippen MR) is 84.9 cm³/mol. The minimum absolute atomic E-state index is 0.225. The van der Waals surface area contributed by atoms with E-state index >= 15 is 0 Å². The highest BCUT2D eigenvalue weighted by atomic mass is 79.9. The fourth-order valence-electron chi connectivity index (χ4n) is 2.25. The van der Waals surface area contributed by atoms with E-state index in [0.717, 1.165) is 4.47 Å². The smallest absolute Gasteiger partial charge is 0.244 e. The molecule has 116 valence electrons. The summed E-state index contributed by atoms with van der Waals surface area (Å²) in [4.78, 5) is 14.5. The number of aromatic nitrogens is 3. The van der Waals surface area contributed by atoms with Crippen LogP contribution in [0.3, 0.4) is 0 Å². The fraction of sp³-hybridized carbons (Fsp3) is 0.308. The first-order chi connectivity index (χ1) is 10.6. The summed E-state index contributed by atoms with van der Waals surface area (Å²) in [6, 6.07) is 3.19. The van der Waals surface area contributed by atoms with Gasteiger partial charge in [-0.05, 0) is 28.1 Å². The molecule has 3 rings (SSSR count). The number of hydrogen-bond donors (Lipinski definition) is 0. The second-order valence-electron chi connectivity index (χ2n) is 4.78. The van der Waals surface area contributed by atoms with Crippen LogP contribution in [0.4, 0.5) is 5.95 Å². The van der Waals surface area contributed by atoms with E-state index in [4.69, 9.17) is 0 Å². The van der Waals surface area contributed by atoms with Crippen LogP contribution in [-0.4, -0.2) is 53.9 Å². The van der Waals surface area contributed by atoms with Crippen molar-refractivity contribution in [3.8, 4) is 0 Å². The van der Waals surface area contributed by atoms with Gasteiger partial charge in [0.1, 0.15) is 4.90 Å². The van der Waals surface area contributed by atoms with Crippen LogP contribution in [-0.2, 0) is 10.0 Å². The first-order valence-corrected chi connectivity index (χ1v) is 8.93. The summed E-state index contributed by atoms with van der Waals surface area (Å²) in [5, 5.41) is 0. The molecule has 1 saturated heterocycles. The summed E-state index contributed by atoms with van der Waals surface area (Å²) < 4.78 is 27.3. The molecule has 1 aliphatic rings. The van der Waals surface area contributed by atoms with Crippen molar-refractivity contribution in [3.05, 3.63) is 41.4 Å². The normalized spacial score (nSPS) is 16.7. The van der Waals surface area contributed by atoms with E-state index in [1.165, 1.54) is 10.5 Å². The Morgan fingerprint density at radius 2 is 1.73 bits per heavy atom. The topological polar surface area (TPSA) is 79.3 Å². The van der Waals surface area contributed by atoms with E-state index in [1.54, 1.807) is 30.7 Å². The Balaban J connectivity index is 1.70. The number of hydrogen-bond acceptors (Lipinski definition) is 6. The molecule has 0 radical (unpaired) electrons. The van der Waals surface area contributed by atoms with E-state index in [9.17, 15) is 8.42 Å². The average molecular weight is 384 g/mol. The first-order valence-electron chi connectivity index (χ1n) is 6.70. The summed E-state index contributed by atoms with van der Waals surface area (Å²) in [6.45, 7) is 1.91. The molecule has 0 spiro atoms. The van der Waals surface area contributed by atoms with Gasteiger partial charge < -0.3 is 4.90 Å². The third-order valence-corrected chi connectivity index (χ3v) is 5.69. The molecule has 1 fully saturated rings. The maximum atomic E-state index is 12.5. The van der Waals surface area contributed by atoms with Gasteiger partial charge in [-0.15, -0.1) is 0 Å². The van der Waals surface area contributed by atoms with Gasteiger partial charge >= 0.3 is 0 Å². The second-order valence-corrected chi connectivity index (χ2v) is 7.63. The predicted octanol–water partition coefficient (Wildman–Crippen LogP) is 1.14. The minimum atomic E-state index is -3.48. The lowest BCUT2D eigenvalue weighted by atomic mass is 10.4. The van der Waals surface area contributed by atoms with Crippen LogP contribution in [0.25, 0.3) is 0 Å². The molecule has 0 aliphatic carbocycles. The van der Waals surface area contributed by atoms with Crippen LogP contribution in [0, 0.1) is 0 Å². The average Bonchev–Trinajstić information content (AvgIpc) is 2.56. The van der Waals surface area contributed by atoms with Crippen LogP contribution in [0.15, 0.2) is 46.3 Å². The summed E-state index contributed by atoms with van der Waals surface area (Å²) in [7, 11) is -3.48. The lowest BCUT2D eigenvalue weighted by molar-refractivity contribution is 0.382. The molecule has 0 amide bonds. The molecule has 0 bridgehead atoms. The van der Waals surface area contributed by atoms with Crippen molar-refractivity contribution in [3.63, 3.8) is 0 Å². The summed E-state index contributed by atoms with van der Waals surface area (Å²) in [5.41, 5.74) is 0. The van der Waals surface area contributed by atoms with E-state index in [2.05, 4.69) is 30.9 Å². The molecule has 0 N–H and O–H groups in total. The molecule has 2 aromatic heterocycles. The van der Waals surface area contributed by atoms with Gasteiger partial charge in [-0.1, -0.05) is 0 Å². The van der Waals surface area contributed by atoms with Gasteiger partial charge in [0.15, 0.2) is 0 Å². The van der Waals surface area contributed by atoms with Crippen molar-refractivity contribution in [2.75, 3.05) is 31.1 Å². The van der Waals surface area contributed by atoms with Gasteiger partial charge in [0.2, 0.25) is 16.0 Å². The maximum Gasteiger partial charge on any atom is 0.244 e. The Hall–Kier alpha value is -1.58. The van der Waals surface area contributed by atoms with Crippen LogP contribution in [0.1, 0.15) is 0 Å². The summed E-state index contributed by atoms with van der Waals surface area (Å²) in [6.07, 6.45) is 6.30. The van der Waals surface area contributed by atoms with Crippen molar-refractivity contribution in [2.45, 2.75) is 4.90 Å². The van der Waals surface area contributed by atoms with Crippen molar-refractivity contribution in [2.24, 2.45) is 0 Å². The van der Waals surface area contributed by atoms with Gasteiger partial charge in [-0.25, -0.2) is 18.4 Å². The largest absolute Gasteiger partial charge is 0.338 e. The number of pyridine rings is 1. The molecule has 0 unspecified atom stereocenters. The van der Waals surface area contributed by atoms with Crippen molar-refractivity contribution >= 4 is 31.9 Å². The molecule has 7 nitrogen and oxygen atoms in total. The van der Waals surface area contributed by atoms with Gasteiger partial charge in [0.25, 0.3) is 0 Å². The zero-order valence-corrected chi connectivity index (χ0v) is 14.0. The second kappa shape index (κ2) is 6.27. The minimum Gasteiger partial charge on any atom is -0.338 e. The highest BCUT2D eigenvalue weighted by Gasteiger charge is 2.29. The van der Waals surface area contributed by atoms with Gasteiger partial charge in [0.05, 0.1) is 4.47 Å². The monoisotopic (exact) mass is 383 g/mol. The zero-order valence-electron chi connectivity index (χ0n) is 11.6. The summed E-state index contributed by atoms with van der Waals surface area (Å²) in [5.74, 6) is 0.613. The Bertz CT molecular complexity index is 731. The first kappa shape index (κ1) is 15.3. The van der Waals surface area contributed by atoms with Crippen LogP contribution in [0.5, 0.6) is 0 Å². The zero-order chi connectivity index (χ0) is 15.6. The van der Waals surface area contributed by atoms with Crippen LogP contribution < -0.4 is 4.90 Å². The molecule has 2 aromatic rings. The number of rotatable bonds is 3. The Kier molecular flexibility index (Phi) is 4.37. The van der Waals surface area contributed by atoms with Gasteiger partial charge in [0, 0.05) is 51.0 Å². The van der Waals surface area contributed by atoms with Crippen molar-refractivity contribution in [1.82, 2.24) is 19.3 Å². The molecular formula is C13H14BrN5O2S. The fourth-order valence-corrected chi connectivity index (χ4v) is 3.84. The van der Waals surface area contributed by atoms with Crippen molar-refractivity contribution < 1.29 is 8.42 Å². The number of halogens is 1. The number of piperazine rings is 1. The number of sulfonamides is 1. The standard InChI is InChI=1S/C13H14BrN5O2S/c14-11-8-16-13(17-9-11)18-4-6-19(7-5-18)22(20,21)12-2-1-3-15-10-12/h1-3,8-10H,4-7H2. The maximum absolute atomic E-state index is 12.5. The van der Waals surface area contributed by atoms with Crippen LogP contribution >= 0.6 is 15.9 Å². The lowest BCUT2D eigenvalue weighted by Crippen LogP contribution is -2.49. The van der Waals surface area contributed by atoms with Crippen molar-refractivity contribution in [1.29, 1.82) is 0 Å². The molecule has 0 atom stereocenters. The molecule has 1 aliphatic heterocycles. The summed E-state index contributed by atoms with van der Waals surface area (Å²) >= 11 is 3.29. The molecule has 9 heteroatoms. The quantitative estimate of drug-likeness (QED) is 0.790. The van der Waals surface area contributed by atoms with Gasteiger partial charge in [-0.3, -0.25) is 4.98 Å². The molecule has 22 heavy (non-hydrogen) atoms.